The molecule has 0 aliphatic heterocycles. The Morgan fingerprint density at radius 2 is 2.22 bits per heavy atom. The highest BCUT2D eigenvalue weighted by atomic mass is 31.2. The predicted molar refractivity (Wildman–Crippen MR) is 83.9 cm³/mol. The summed E-state index contributed by atoms with van der Waals surface area (Å²) in [6.45, 7) is 0.412. The van der Waals surface area contributed by atoms with Gasteiger partial charge in [-0.25, -0.2) is 4.98 Å². The van der Waals surface area contributed by atoms with Crippen molar-refractivity contribution < 1.29 is 19.1 Å². The monoisotopic (exact) mass is 342 g/mol. The van der Waals surface area contributed by atoms with Crippen LogP contribution in [0.5, 0.6) is 0 Å². The van der Waals surface area contributed by atoms with Crippen LogP contribution in [0.4, 0.5) is 11.8 Å². The molecule has 126 valence electrons. The van der Waals surface area contributed by atoms with Gasteiger partial charge in [0.05, 0.1) is 12.5 Å². The molecule has 10 nitrogen and oxygen atoms in total. The summed E-state index contributed by atoms with van der Waals surface area (Å²) in [6.07, 6.45) is 3.88. The first kappa shape index (κ1) is 16.1. The molecule has 0 atom stereocenters. The van der Waals surface area contributed by atoms with Crippen molar-refractivity contribution in [3.63, 3.8) is 0 Å². The van der Waals surface area contributed by atoms with Crippen molar-refractivity contribution in [3.8, 4) is 0 Å². The van der Waals surface area contributed by atoms with E-state index in [0.717, 1.165) is 12.8 Å². The van der Waals surface area contributed by atoms with E-state index in [9.17, 15) is 4.57 Å². The highest BCUT2D eigenvalue weighted by Gasteiger charge is 2.23. The smallest absolute Gasteiger partial charge is 0.325 e. The van der Waals surface area contributed by atoms with Gasteiger partial charge in [-0.15, -0.1) is 0 Å². The average molecular weight is 342 g/mol. The number of aromatic nitrogens is 4. The van der Waals surface area contributed by atoms with Crippen LogP contribution in [0.15, 0.2) is 6.33 Å². The zero-order chi connectivity index (χ0) is 16.4. The normalized spacial score (nSPS) is 15.2. The molecule has 2 aromatic rings. The number of nitrogens with zero attached hydrogens (tertiary/aromatic N) is 4. The zero-order valence-corrected chi connectivity index (χ0v) is 13.3. The molecule has 2 heterocycles. The summed E-state index contributed by atoms with van der Waals surface area (Å²) in [5.41, 5.74) is 6.94. The molecule has 0 aromatic carbocycles. The minimum absolute atomic E-state index is 0.156. The van der Waals surface area contributed by atoms with Crippen molar-refractivity contribution in [2.24, 2.45) is 0 Å². The Balaban J connectivity index is 1.64. The van der Waals surface area contributed by atoms with Gasteiger partial charge in [-0.2, -0.15) is 9.97 Å². The minimum atomic E-state index is -3.97. The maximum atomic E-state index is 10.8. The number of nitrogens with two attached hydrogens (primary N) is 1. The number of nitrogens with one attached hydrogen (secondary N) is 1. The van der Waals surface area contributed by atoms with Gasteiger partial charge in [0.25, 0.3) is 0 Å². The number of fused-ring (bicyclic) bond motifs is 1. The summed E-state index contributed by atoms with van der Waals surface area (Å²) in [6, 6.07) is 0.418. The number of hydrogen-bond acceptors (Lipinski definition) is 7. The summed E-state index contributed by atoms with van der Waals surface area (Å²) in [5, 5.41) is 3.27. The van der Waals surface area contributed by atoms with Gasteiger partial charge in [0.1, 0.15) is 6.73 Å². The molecule has 2 aromatic heterocycles. The van der Waals surface area contributed by atoms with Crippen LogP contribution in [0.25, 0.3) is 11.2 Å². The number of imidazole rings is 1. The standard InChI is InChI=1S/C12H19N6O4P/c13-12-16-10(15-8-2-3-8)9-11(17-12)18(6-14-9)7-22-4-1-5-23(19,20)21/h6,8H,1-5,7H2,(H2,19,20,21)(H3,13,15,16,17). The average Bonchev–Trinajstić information content (AvgIpc) is 3.17. The van der Waals surface area contributed by atoms with Gasteiger partial charge in [0.15, 0.2) is 17.0 Å². The van der Waals surface area contributed by atoms with Crippen molar-refractivity contribution in [2.45, 2.75) is 32.0 Å². The van der Waals surface area contributed by atoms with E-state index in [1.807, 2.05) is 0 Å². The Morgan fingerprint density at radius 3 is 2.91 bits per heavy atom. The van der Waals surface area contributed by atoms with Gasteiger partial charge >= 0.3 is 7.60 Å². The molecule has 0 bridgehead atoms. The topological polar surface area (TPSA) is 148 Å². The van der Waals surface area contributed by atoms with Crippen LogP contribution in [0.3, 0.4) is 0 Å². The minimum Gasteiger partial charge on any atom is -0.368 e. The van der Waals surface area contributed by atoms with Crippen LogP contribution in [0.2, 0.25) is 0 Å². The highest BCUT2D eigenvalue weighted by Crippen LogP contribution is 2.34. The molecule has 1 saturated carbocycles. The lowest BCUT2D eigenvalue weighted by Crippen LogP contribution is -2.09. The molecule has 23 heavy (non-hydrogen) atoms. The van der Waals surface area contributed by atoms with E-state index >= 15 is 0 Å². The van der Waals surface area contributed by atoms with Crippen LogP contribution < -0.4 is 11.1 Å². The molecule has 1 fully saturated rings. The molecule has 0 amide bonds. The Hall–Kier alpha value is -1.74. The quantitative estimate of drug-likeness (QED) is 0.398. The van der Waals surface area contributed by atoms with Crippen LogP contribution in [0, 0.1) is 0 Å². The Bertz CT molecular complexity index is 740. The largest absolute Gasteiger partial charge is 0.368 e. The molecular weight excluding hydrogens is 323 g/mol. The second kappa shape index (κ2) is 6.40. The number of hydrogen-bond donors (Lipinski definition) is 4. The fourth-order valence-corrected chi connectivity index (χ4v) is 2.65. The lowest BCUT2D eigenvalue weighted by atomic mass is 10.4. The first-order chi connectivity index (χ1) is 10.9. The third-order valence-electron chi connectivity index (χ3n) is 3.37. The first-order valence-corrected chi connectivity index (χ1v) is 9.09. The van der Waals surface area contributed by atoms with Gasteiger partial charge in [-0.05, 0) is 19.3 Å². The highest BCUT2D eigenvalue weighted by molar-refractivity contribution is 7.51. The van der Waals surface area contributed by atoms with Crippen molar-refractivity contribution >= 4 is 30.5 Å². The van der Waals surface area contributed by atoms with E-state index in [0.29, 0.717) is 23.0 Å². The third kappa shape index (κ3) is 4.38. The molecule has 1 aliphatic rings. The van der Waals surface area contributed by atoms with E-state index in [4.69, 9.17) is 20.3 Å². The molecule has 5 N–H and O–H groups in total. The van der Waals surface area contributed by atoms with Crippen LogP contribution in [-0.4, -0.2) is 48.1 Å². The molecule has 1 aliphatic carbocycles. The van der Waals surface area contributed by atoms with Gasteiger partial charge in [0, 0.05) is 12.6 Å². The second-order valence-corrected chi connectivity index (χ2v) is 7.29. The van der Waals surface area contributed by atoms with Crippen molar-refractivity contribution in [3.05, 3.63) is 6.33 Å². The number of anilines is 2. The van der Waals surface area contributed by atoms with Crippen molar-refractivity contribution in [1.82, 2.24) is 19.5 Å². The van der Waals surface area contributed by atoms with Gasteiger partial charge in [0.2, 0.25) is 5.95 Å². The van der Waals surface area contributed by atoms with E-state index in [1.54, 1.807) is 10.9 Å². The zero-order valence-electron chi connectivity index (χ0n) is 12.4. The third-order valence-corrected chi connectivity index (χ3v) is 4.27. The number of nitrogen functional groups attached to an aromatic ring is 1. The van der Waals surface area contributed by atoms with Crippen molar-refractivity contribution in [1.29, 1.82) is 0 Å². The summed E-state index contributed by atoms with van der Waals surface area (Å²) >= 11 is 0. The van der Waals surface area contributed by atoms with Gasteiger partial charge in [-0.1, -0.05) is 0 Å². The summed E-state index contributed by atoms with van der Waals surface area (Å²) in [7, 11) is -3.97. The van der Waals surface area contributed by atoms with Crippen molar-refractivity contribution in [2.75, 3.05) is 23.8 Å². The van der Waals surface area contributed by atoms with Gasteiger partial charge < -0.3 is 25.6 Å². The van der Waals surface area contributed by atoms with E-state index in [2.05, 4.69) is 20.3 Å². The van der Waals surface area contributed by atoms with E-state index in [-0.39, 0.29) is 31.9 Å². The Morgan fingerprint density at radius 1 is 1.43 bits per heavy atom. The number of ether oxygens (including phenoxy) is 1. The fraction of sp³-hybridized carbons (Fsp3) is 0.583. The van der Waals surface area contributed by atoms with Crippen LogP contribution >= 0.6 is 7.60 Å². The molecule has 11 heteroatoms. The number of rotatable bonds is 8. The molecule has 0 unspecified atom stereocenters. The Labute approximate surface area is 132 Å². The summed E-state index contributed by atoms with van der Waals surface area (Å²) in [4.78, 5) is 30.2. The molecule has 0 spiro atoms. The lowest BCUT2D eigenvalue weighted by molar-refractivity contribution is 0.0794. The first-order valence-electron chi connectivity index (χ1n) is 7.29. The molecule has 3 rings (SSSR count). The summed E-state index contributed by atoms with van der Waals surface area (Å²) in [5.74, 6) is 0.777. The van der Waals surface area contributed by atoms with Gasteiger partial charge in [-0.3, -0.25) is 9.13 Å². The SMILES string of the molecule is Nc1nc(NC2CC2)c2ncn(COCCCP(=O)(O)O)c2n1. The fourth-order valence-electron chi connectivity index (χ4n) is 2.11. The van der Waals surface area contributed by atoms with E-state index < -0.39 is 7.60 Å². The van der Waals surface area contributed by atoms with Crippen LogP contribution in [0.1, 0.15) is 19.3 Å². The molecule has 0 radical (unpaired) electrons. The van der Waals surface area contributed by atoms with E-state index in [1.165, 1.54) is 0 Å². The van der Waals surface area contributed by atoms with Crippen LogP contribution in [-0.2, 0) is 16.0 Å². The Kier molecular flexibility index (Phi) is 4.49. The maximum absolute atomic E-state index is 10.8. The summed E-state index contributed by atoms with van der Waals surface area (Å²) < 4.78 is 17.8. The molecule has 0 saturated heterocycles. The lowest BCUT2D eigenvalue weighted by Gasteiger charge is -2.08. The second-order valence-electron chi connectivity index (χ2n) is 5.51. The predicted octanol–water partition coefficient (Wildman–Crippen LogP) is 0.525. The molecular formula is C12H19N6O4P. The maximum Gasteiger partial charge on any atom is 0.325 e.